The molecule has 0 unspecified atom stereocenters. The van der Waals surface area contributed by atoms with Crippen LogP contribution in [0.1, 0.15) is 12.5 Å². The van der Waals surface area contributed by atoms with Crippen LogP contribution in [0.4, 0.5) is 4.39 Å². The highest BCUT2D eigenvalue weighted by Crippen LogP contribution is 2.14. The minimum atomic E-state index is -0.438. The normalized spacial score (nSPS) is 11.2. The van der Waals surface area contributed by atoms with Crippen molar-refractivity contribution in [3.05, 3.63) is 41.7 Å². The molecule has 3 heteroatoms. The van der Waals surface area contributed by atoms with Crippen molar-refractivity contribution in [3.8, 4) is 0 Å². The lowest BCUT2D eigenvalue weighted by atomic mass is 10.1. The summed E-state index contributed by atoms with van der Waals surface area (Å²) in [6.45, 7) is 1.73. The molecule has 0 N–H and O–H groups in total. The molecule has 0 amide bonds. The number of hydrogen-bond donors (Lipinski definition) is 0. The van der Waals surface area contributed by atoms with Gasteiger partial charge >= 0.3 is 5.97 Å². The Hall–Kier alpha value is -1.64. The van der Waals surface area contributed by atoms with Gasteiger partial charge in [-0.1, -0.05) is 12.1 Å². The van der Waals surface area contributed by atoms with Crippen LogP contribution in [-0.2, 0) is 9.53 Å². The van der Waals surface area contributed by atoms with Crippen LogP contribution in [0.15, 0.2) is 30.3 Å². The van der Waals surface area contributed by atoms with Crippen molar-refractivity contribution in [2.75, 3.05) is 7.11 Å². The molecule has 0 radical (unpaired) electrons. The fourth-order valence-electron chi connectivity index (χ4n) is 1.05. The predicted octanol–water partition coefficient (Wildman–Crippen LogP) is 2.40. The first-order valence-electron chi connectivity index (χ1n) is 4.15. The summed E-state index contributed by atoms with van der Waals surface area (Å²) in [5, 5.41) is 0. The Bertz CT molecular complexity index is 369. The Balaban J connectivity index is 2.94. The van der Waals surface area contributed by atoms with E-state index in [1.165, 1.54) is 25.3 Å². The molecule has 0 aromatic heterocycles. The molecule has 0 aliphatic rings. The third kappa shape index (κ3) is 2.69. The maximum atomic E-state index is 12.8. The minimum absolute atomic E-state index is 0.319. The Morgan fingerprint density at radius 1 is 1.50 bits per heavy atom. The highest BCUT2D eigenvalue weighted by atomic mass is 19.1. The lowest BCUT2D eigenvalue weighted by molar-refractivity contribution is -0.134. The Morgan fingerprint density at radius 3 is 2.79 bits per heavy atom. The zero-order chi connectivity index (χ0) is 10.6. The topological polar surface area (TPSA) is 26.3 Å². The van der Waals surface area contributed by atoms with Crippen molar-refractivity contribution in [2.24, 2.45) is 0 Å². The minimum Gasteiger partial charge on any atom is -0.466 e. The second-order valence-corrected chi connectivity index (χ2v) is 2.86. The van der Waals surface area contributed by atoms with Crippen LogP contribution in [0.25, 0.3) is 5.57 Å². The van der Waals surface area contributed by atoms with Gasteiger partial charge in [-0.25, -0.2) is 9.18 Å². The number of allylic oxidation sites excluding steroid dienone is 1. The summed E-state index contributed by atoms with van der Waals surface area (Å²) in [7, 11) is 1.30. The maximum absolute atomic E-state index is 12.8. The molecule has 0 atom stereocenters. The maximum Gasteiger partial charge on any atom is 0.330 e. The van der Waals surface area contributed by atoms with E-state index in [0.717, 1.165) is 0 Å². The number of carbonyl (C=O) groups excluding carboxylic acids is 1. The van der Waals surface area contributed by atoms with Gasteiger partial charge in [-0.05, 0) is 30.2 Å². The third-order valence-electron chi connectivity index (χ3n) is 1.82. The van der Waals surface area contributed by atoms with E-state index in [0.29, 0.717) is 11.1 Å². The fraction of sp³-hybridized carbons (Fsp3) is 0.182. The molecule has 0 heterocycles. The standard InChI is InChI=1S/C11H11FO2/c1-8(6-11(13)14-2)9-4-3-5-10(12)7-9/h3-7H,1-2H3/b8-6-. The van der Waals surface area contributed by atoms with Crippen molar-refractivity contribution in [1.82, 2.24) is 0 Å². The largest absolute Gasteiger partial charge is 0.466 e. The van der Waals surface area contributed by atoms with Gasteiger partial charge in [-0.2, -0.15) is 0 Å². The summed E-state index contributed by atoms with van der Waals surface area (Å²) in [5.41, 5.74) is 1.35. The van der Waals surface area contributed by atoms with Crippen molar-refractivity contribution in [3.63, 3.8) is 0 Å². The van der Waals surface area contributed by atoms with Gasteiger partial charge in [0.1, 0.15) is 5.82 Å². The van der Waals surface area contributed by atoms with Crippen LogP contribution >= 0.6 is 0 Å². The van der Waals surface area contributed by atoms with E-state index in [1.54, 1.807) is 19.1 Å². The zero-order valence-electron chi connectivity index (χ0n) is 8.08. The molecule has 2 nitrogen and oxygen atoms in total. The predicted molar refractivity (Wildman–Crippen MR) is 52.1 cm³/mol. The molecule has 1 aromatic carbocycles. The molecule has 1 rings (SSSR count). The van der Waals surface area contributed by atoms with E-state index in [-0.39, 0.29) is 5.82 Å². The molecule has 0 spiro atoms. The molecule has 0 fully saturated rings. The van der Waals surface area contributed by atoms with Crippen LogP contribution in [0.2, 0.25) is 0 Å². The average Bonchev–Trinajstić information content (AvgIpc) is 2.17. The molecule has 74 valence electrons. The van der Waals surface area contributed by atoms with Crippen LogP contribution in [0, 0.1) is 5.82 Å². The smallest absolute Gasteiger partial charge is 0.330 e. The summed E-state index contributed by atoms with van der Waals surface area (Å²) < 4.78 is 17.3. The van der Waals surface area contributed by atoms with E-state index in [9.17, 15) is 9.18 Å². The third-order valence-corrected chi connectivity index (χ3v) is 1.82. The van der Waals surface area contributed by atoms with Crippen LogP contribution in [-0.4, -0.2) is 13.1 Å². The lowest BCUT2D eigenvalue weighted by Gasteiger charge is -2.00. The SMILES string of the molecule is COC(=O)/C=C(/C)c1cccc(F)c1. The van der Waals surface area contributed by atoms with Gasteiger partial charge in [0.05, 0.1) is 7.11 Å². The van der Waals surface area contributed by atoms with Gasteiger partial charge in [0.2, 0.25) is 0 Å². The number of methoxy groups -OCH3 is 1. The number of ether oxygens (including phenoxy) is 1. The number of halogens is 1. The monoisotopic (exact) mass is 194 g/mol. The molecular weight excluding hydrogens is 183 g/mol. The van der Waals surface area contributed by atoms with E-state index >= 15 is 0 Å². The number of benzene rings is 1. The number of rotatable bonds is 2. The summed E-state index contributed by atoms with van der Waals surface area (Å²) >= 11 is 0. The summed E-state index contributed by atoms with van der Waals surface area (Å²) in [4.78, 5) is 10.9. The number of esters is 1. The molecule has 0 aliphatic heterocycles. The van der Waals surface area contributed by atoms with Crippen molar-refractivity contribution in [1.29, 1.82) is 0 Å². The molecule has 0 saturated carbocycles. The fourth-order valence-corrected chi connectivity index (χ4v) is 1.05. The molecular formula is C11H11FO2. The first kappa shape index (κ1) is 10.4. The lowest BCUT2D eigenvalue weighted by Crippen LogP contribution is -1.95. The van der Waals surface area contributed by atoms with E-state index in [4.69, 9.17) is 0 Å². The highest BCUT2D eigenvalue weighted by molar-refractivity contribution is 5.90. The van der Waals surface area contributed by atoms with Crippen molar-refractivity contribution < 1.29 is 13.9 Å². The first-order chi connectivity index (χ1) is 6.63. The zero-order valence-corrected chi connectivity index (χ0v) is 8.08. The van der Waals surface area contributed by atoms with Gasteiger partial charge < -0.3 is 4.74 Å². The highest BCUT2D eigenvalue weighted by Gasteiger charge is 2.00. The van der Waals surface area contributed by atoms with E-state index < -0.39 is 5.97 Å². The summed E-state index contributed by atoms with van der Waals surface area (Å²) in [6, 6.07) is 6.06. The molecule has 0 bridgehead atoms. The molecule has 0 saturated heterocycles. The summed E-state index contributed by atoms with van der Waals surface area (Å²) in [6.07, 6.45) is 1.33. The quantitative estimate of drug-likeness (QED) is 0.533. The van der Waals surface area contributed by atoms with Crippen LogP contribution < -0.4 is 0 Å². The van der Waals surface area contributed by atoms with Gasteiger partial charge in [-0.15, -0.1) is 0 Å². The van der Waals surface area contributed by atoms with Crippen LogP contribution in [0.5, 0.6) is 0 Å². The number of carbonyl (C=O) groups is 1. The molecule has 14 heavy (non-hydrogen) atoms. The van der Waals surface area contributed by atoms with Gasteiger partial charge in [0.15, 0.2) is 0 Å². The second-order valence-electron chi connectivity index (χ2n) is 2.86. The van der Waals surface area contributed by atoms with Gasteiger partial charge in [0, 0.05) is 6.08 Å². The number of hydrogen-bond acceptors (Lipinski definition) is 2. The Kier molecular flexibility index (Phi) is 3.40. The van der Waals surface area contributed by atoms with Crippen molar-refractivity contribution in [2.45, 2.75) is 6.92 Å². The van der Waals surface area contributed by atoms with Crippen molar-refractivity contribution >= 4 is 11.5 Å². The molecule has 1 aromatic rings. The first-order valence-corrected chi connectivity index (χ1v) is 4.15. The Morgan fingerprint density at radius 2 is 2.21 bits per heavy atom. The Labute approximate surface area is 82.0 Å². The van der Waals surface area contributed by atoms with Gasteiger partial charge in [0.25, 0.3) is 0 Å². The van der Waals surface area contributed by atoms with Crippen LogP contribution in [0.3, 0.4) is 0 Å². The van der Waals surface area contributed by atoms with E-state index in [2.05, 4.69) is 4.74 Å². The average molecular weight is 194 g/mol. The summed E-state index contributed by atoms with van der Waals surface area (Å²) in [5.74, 6) is -0.758. The van der Waals surface area contributed by atoms with E-state index in [1.807, 2.05) is 0 Å². The second kappa shape index (κ2) is 4.56. The molecule has 0 aliphatic carbocycles. The van der Waals surface area contributed by atoms with Gasteiger partial charge in [-0.3, -0.25) is 0 Å².